The van der Waals surface area contributed by atoms with Crippen LogP contribution >= 0.6 is 0 Å². The molecule has 2 aliphatic rings. The number of nitrogens with zero attached hydrogens (tertiary/aromatic N) is 2. The van der Waals surface area contributed by atoms with Gasteiger partial charge in [0, 0.05) is 13.1 Å². The van der Waals surface area contributed by atoms with Gasteiger partial charge in [-0.2, -0.15) is 0 Å². The van der Waals surface area contributed by atoms with Crippen molar-refractivity contribution in [1.29, 1.82) is 0 Å². The number of fused-ring (bicyclic) bond motifs is 2. The average molecular weight is 699 g/mol. The molecule has 0 radical (unpaired) electrons. The van der Waals surface area contributed by atoms with Gasteiger partial charge in [-0.15, -0.1) is 0 Å². The van der Waals surface area contributed by atoms with Crippen molar-refractivity contribution < 1.29 is 18.4 Å². The number of benzene rings is 2. The van der Waals surface area contributed by atoms with Crippen LogP contribution in [0.15, 0.2) is 24.3 Å². The fourth-order valence-electron chi connectivity index (χ4n) is 5.48. The highest BCUT2D eigenvalue weighted by atomic mass is 28.4. The second-order valence-corrected chi connectivity index (χ2v) is 27.0. The summed E-state index contributed by atoms with van der Waals surface area (Å²) in [6.45, 7) is 32.0. The Kier molecular flexibility index (Phi) is 10.7. The Morgan fingerprint density at radius 2 is 0.854 bits per heavy atom. The maximum Gasteiger partial charge on any atom is 0.237 e. The molecule has 12 heteroatoms. The largest absolute Gasteiger partial charge is 0.415 e. The molecule has 0 unspecified atom stereocenters. The molecule has 2 amide bonds. The standard InChI is InChI=1S/2C18H31N3O2Si/c2*1-17(2,3)24(6,7)23-9-8-21-15-11-14(20)13(19)10-12(15)18(4,5)16(21)22/h2*10-11H,8-9,19-20H2,1-7H3. The number of hydrogen-bond acceptors (Lipinski definition) is 8. The second-order valence-electron chi connectivity index (χ2n) is 17.4. The molecular weight excluding hydrogens is 637 g/mol. The molecule has 0 bridgehead atoms. The minimum absolute atomic E-state index is 0.0707. The van der Waals surface area contributed by atoms with E-state index in [2.05, 4.69) is 67.7 Å². The van der Waals surface area contributed by atoms with E-state index in [-0.39, 0.29) is 21.9 Å². The third-order valence-electron chi connectivity index (χ3n) is 11.1. The first kappa shape index (κ1) is 39.4. The third kappa shape index (κ3) is 7.41. The van der Waals surface area contributed by atoms with Crippen molar-refractivity contribution in [1.82, 2.24) is 0 Å². The summed E-state index contributed by atoms with van der Waals surface area (Å²) in [6, 6.07) is 7.28. The van der Waals surface area contributed by atoms with E-state index >= 15 is 0 Å². The van der Waals surface area contributed by atoms with Gasteiger partial charge in [-0.3, -0.25) is 9.59 Å². The maximum atomic E-state index is 12.9. The Morgan fingerprint density at radius 3 is 1.12 bits per heavy atom. The summed E-state index contributed by atoms with van der Waals surface area (Å²) in [5, 5.41) is 0.302. The molecule has 0 aliphatic carbocycles. The zero-order valence-corrected chi connectivity index (χ0v) is 34.0. The topological polar surface area (TPSA) is 163 Å². The lowest BCUT2D eigenvalue weighted by Gasteiger charge is -2.36. The Labute approximate surface area is 291 Å². The summed E-state index contributed by atoms with van der Waals surface area (Å²) in [5.41, 5.74) is 28.3. The Morgan fingerprint density at radius 1 is 0.583 bits per heavy atom. The second kappa shape index (κ2) is 13.0. The van der Waals surface area contributed by atoms with E-state index in [9.17, 15) is 9.59 Å². The van der Waals surface area contributed by atoms with Crippen molar-refractivity contribution in [3.05, 3.63) is 35.4 Å². The van der Waals surface area contributed by atoms with Gasteiger partial charge in [0.25, 0.3) is 0 Å². The Hall–Kier alpha value is -3.07. The fraction of sp³-hybridized carbons (Fsp3) is 0.611. The number of rotatable bonds is 8. The van der Waals surface area contributed by atoms with Gasteiger partial charge in [-0.1, -0.05) is 41.5 Å². The summed E-state index contributed by atoms with van der Waals surface area (Å²) < 4.78 is 12.5. The highest BCUT2D eigenvalue weighted by Gasteiger charge is 2.46. The van der Waals surface area contributed by atoms with Crippen molar-refractivity contribution in [2.24, 2.45) is 0 Å². The van der Waals surface area contributed by atoms with Crippen LogP contribution in [-0.2, 0) is 29.3 Å². The monoisotopic (exact) mass is 698 g/mol. The molecule has 8 N–H and O–H groups in total. The Bertz CT molecular complexity index is 1440. The maximum absolute atomic E-state index is 12.9. The van der Waals surface area contributed by atoms with Crippen LogP contribution < -0.4 is 32.7 Å². The van der Waals surface area contributed by atoms with Crippen LogP contribution in [0.5, 0.6) is 0 Å². The minimum atomic E-state index is -1.83. The van der Waals surface area contributed by atoms with Gasteiger partial charge in [0.15, 0.2) is 16.6 Å². The summed E-state index contributed by atoms with van der Waals surface area (Å²) in [6.07, 6.45) is 0. The zero-order valence-electron chi connectivity index (χ0n) is 32.0. The number of carbonyl (C=O) groups is 2. The zero-order chi connectivity index (χ0) is 37.0. The third-order valence-corrected chi connectivity index (χ3v) is 20.1. The lowest BCUT2D eigenvalue weighted by Crippen LogP contribution is -2.44. The van der Waals surface area contributed by atoms with E-state index < -0.39 is 27.5 Å². The molecule has 2 aliphatic heterocycles. The van der Waals surface area contributed by atoms with E-state index in [1.165, 1.54) is 0 Å². The van der Waals surface area contributed by atoms with E-state index in [0.29, 0.717) is 49.1 Å². The Balaban J connectivity index is 0.000000260. The highest BCUT2D eigenvalue weighted by molar-refractivity contribution is 6.74. The van der Waals surface area contributed by atoms with Gasteiger partial charge >= 0.3 is 0 Å². The van der Waals surface area contributed by atoms with E-state index in [0.717, 1.165) is 22.5 Å². The minimum Gasteiger partial charge on any atom is -0.415 e. The van der Waals surface area contributed by atoms with Crippen molar-refractivity contribution in [2.75, 3.05) is 59.0 Å². The smallest absolute Gasteiger partial charge is 0.237 e. The highest BCUT2D eigenvalue weighted by Crippen LogP contribution is 2.46. The molecule has 48 heavy (non-hydrogen) atoms. The van der Waals surface area contributed by atoms with E-state index in [4.69, 9.17) is 31.8 Å². The van der Waals surface area contributed by atoms with Gasteiger partial charge in [0.1, 0.15) is 0 Å². The summed E-state index contributed by atoms with van der Waals surface area (Å²) >= 11 is 0. The first-order chi connectivity index (χ1) is 21.6. The molecule has 0 spiro atoms. The van der Waals surface area contributed by atoms with Crippen molar-refractivity contribution in [2.45, 2.75) is 116 Å². The number of hydrogen-bond donors (Lipinski definition) is 4. The van der Waals surface area contributed by atoms with Crippen molar-refractivity contribution in [3.63, 3.8) is 0 Å². The molecule has 2 aromatic rings. The quantitative estimate of drug-likeness (QED) is 0.169. The number of anilines is 6. The molecule has 0 aromatic heterocycles. The molecule has 2 aromatic carbocycles. The first-order valence-corrected chi connectivity index (χ1v) is 22.7. The number of carbonyl (C=O) groups excluding carboxylic acids is 2. The van der Waals surface area contributed by atoms with Crippen LogP contribution in [0.2, 0.25) is 36.3 Å². The van der Waals surface area contributed by atoms with Gasteiger partial charge in [-0.25, -0.2) is 0 Å². The van der Waals surface area contributed by atoms with Crippen LogP contribution in [-0.4, -0.2) is 54.8 Å². The SMILES string of the molecule is CC1(C)C(=O)N(CCO[Si](C)(C)C(C)(C)C)c2cc(N)c(N)cc21.CC1(C)C(=O)N(CCO[Si](C)(C)C(C)(C)C)c2cc(N)c(N)cc21. The van der Waals surface area contributed by atoms with Crippen LogP contribution in [0.25, 0.3) is 0 Å². The molecule has 268 valence electrons. The van der Waals surface area contributed by atoms with Crippen LogP contribution in [0.4, 0.5) is 34.1 Å². The molecule has 4 rings (SSSR count). The number of nitrogens with two attached hydrogens (primary N) is 4. The normalized spacial score (nSPS) is 17.3. The van der Waals surface area contributed by atoms with Gasteiger partial charge in [0.2, 0.25) is 11.8 Å². The lowest BCUT2D eigenvalue weighted by atomic mass is 9.86. The summed E-state index contributed by atoms with van der Waals surface area (Å²) in [7, 11) is -3.66. The van der Waals surface area contributed by atoms with Crippen molar-refractivity contribution in [3.8, 4) is 0 Å². The van der Waals surface area contributed by atoms with Crippen LogP contribution in [0.3, 0.4) is 0 Å². The number of amides is 2. The van der Waals surface area contributed by atoms with Crippen molar-refractivity contribution >= 4 is 62.6 Å². The van der Waals surface area contributed by atoms with E-state index in [1.54, 1.807) is 9.80 Å². The van der Waals surface area contributed by atoms with Crippen LogP contribution in [0, 0.1) is 0 Å². The average Bonchev–Trinajstić information content (AvgIpc) is 3.22. The molecule has 2 heterocycles. The predicted molar refractivity (Wildman–Crippen MR) is 208 cm³/mol. The molecule has 0 atom stereocenters. The van der Waals surface area contributed by atoms with Crippen LogP contribution in [0.1, 0.15) is 80.4 Å². The molecule has 0 saturated carbocycles. The number of nitrogen functional groups attached to an aromatic ring is 4. The molecule has 10 nitrogen and oxygen atoms in total. The first-order valence-electron chi connectivity index (χ1n) is 16.9. The molecule has 0 fully saturated rings. The summed E-state index contributed by atoms with van der Waals surface area (Å²) in [4.78, 5) is 29.3. The fourth-order valence-corrected chi connectivity index (χ4v) is 7.54. The van der Waals surface area contributed by atoms with Gasteiger partial charge in [0.05, 0.1) is 58.2 Å². The van der Waals surface area contributed by atoms with Gasteiger partial charge in [-0.05, 0) is 99.4 Å². The molecular formula is C36H62N6O4Si2. The summed E-state index contributed by atoms with van der Waals surface area (Å²) in [5.74, 6) is 0.141. The van der Waals surface area contributed by atoms with Gasteiger partial charge < -0.3 is 41.6 Å². The van der Waals surface area contributed by atoms with E-state index in [1.807, 2.05) is 52.0 Å². The lowest BCUT2D eigenvalue weighted by molar-refractivity contribution is -0.122. The molecule has 0 saturated heterocycles. The predicted octanol–water partition coefficient (Wildman–Crippen LogP) is 6.99.